The first-order valence-corrected chi connectivity index (χ1v) is 8.59. The highest BCUT2D eigenvalue weighted by Gasteiger charge is 2.23. The van der Waals surface area contributed by atoms with Gasteiger partial charge in [-0.05, 0) is 13.8 Å². The van der Waals surface area contributed by atoms with Crippen molar-refractivity contribution < 1.29 is 9.53 Å². The van der Waals surface area contributed by atoms with Crippen LogP contribution in [0.5, 0.6) is 0 Å². The van der Waals surface area contributed by atoms with Crippen LogP contribution in [-0.4, -0.2) is 58.3 Å². The van der Waals surface area contributed by atoms with Crippen LogP contribution in [0.3, 0.4) is 0 Å². The van der Waals surface area contributed by atoms with Gasteiger partial charge < -0.3 is 20.7 Å². The van der Waals surface area contributed by atoms with E-state index in [1.807, 2.05) is 13.8 Å². The van der Waals surface area contributed by atoms with Crippen LogP contribution in [0, 0.1) is 0 Å². The van der Waals surface area contributed by atoms with Gasteiger partial charge in [0.25, 0.3) is 5.91 Å². The van der Waals surface area contributed by atoms with Crippen molar-refractivity contribution in [2.24, 2.45) is 0 Å². The Hall–Kier alpha value is -2.26. The number of nitrogens with zero attached hydrogens (tertiary/aromatic N) is 4. The van der Waals surface area contributed by atoms with E-state index in [2.05, 4.69) is 20.5 Å². The Labute approximate surface area is 144 Å². The summed E-state index contributed by atoms with van der Waals surface area (Å²) in [4.78, 5) is 18.4. The fourth-order valence-corrected chi connectivity index (χ4v) is 3.23. The van der Waals surface area contributed by atoms with Gasteiger partial charge in [-0.15, -0.1) is 10.2 Å². The van der Waals surface area contributed by atoms with Crippen molar-refractivity contribution >= 4 is 28.7 Å². The van der Waals surface area contributed by atoms with Gasteiger partial charge in [0, 0.05) is 37.1 Å². The third kappa shape index (κ3) is 3.62. The Morgan fingerprint density at radius 3 is 2.83 bits per heavy atom. The van der Waals surface area contributed by atoms with Crippen molar-refractivity contribution in [2.75, 3.05) is 37.4 Å². The highest BCUT2D eigenvalue weighted by atomic mass is 32.1. The number of nitrogen functional groups attached to an aromatic ring is 1. The summed E-state index contributed by atoms with van der Waals surface area (Å²) in [6.45, 7) is 6.35. The zero-order valence-electron chi connectivity index (χ0n) is 13.7. The number of hydrogen-bond donors (Lipinski definition) is 2. The smallest absolute Gasteiger partial charge is 0.285 e. The molecule has 3 heterocycles. The van der Waals surface area contributed by atoms with Gasteiger partial charge in [-0.25, -0.2) is 4.98 Å². The molecule has 8 nitrogen and oxygen atoms in total. The molecule has 0 radical (unpaired) electrons. The van der Waals surface area contributed by atoms with E-state index in [9.17, 15) is 4.79 Å². The number of amides is 1. The van der Waals surface area contributed by atoms with Crippen LogP contribution in [0.15, 0.2) is 12.3 Å². The summed E-state index contributed by atoms with van der Waals surface area (Å²) in [6, 6.07) is 1.99. The van der Waals surface area contributed by atoms with E-state index in [1.54, 1.807) is 17.2 Å². The molecule has 9 heteroatoms. The third-order valence-electron chi connectivity index (χ3n) is 3.51. The number of hydrogen-bond acceptors (Lipinski definition) is 8. The topological polar surface area (TPSA) is 106 Å². The molecule has 0 bridgehead atoms. The fourth-order valence-electron chi connectivity index (χ4n) is 2.39. The minimum absolute atomic E-state index is 0.108. The molecule has 128 valence electrons. The lowest BCUT2D eigenvalue weighted by atomic mass is 10.2. The molecule has 2 aromatic rings. The monoisotopic (exact) mass is 348 g/mol. The summed E-state index contributed by atoms with van der Waals surface area (Å²) in [5, 5.41) is 12.6. The number of carbonyl (C=O) groups excluding carboxylic acids is 1. The second-order valence-corrected chi connectivity index (χ2v) is 6.75. The van der Waals surface area contributed by atoms with Gasteiger partial charge in [-0.1, -0.05) is 11.3 Å². The van der Waals surface area contributed by atoms with E-state index in [0.717, 1.165) is 11.3 Å². The molecule has 2 aromatic heterocycles. The molecule has 1 amide bonds. The standard InChI is InChI=1S/C15H20N6O2S/c1-9(2)18-11-7-12(16)17-8-10(11)13-19-20-14(24-13)15(22)21-3-5-23-6-4-21/h7-9H,3-6H2,1-2H3,(H3,16,17,18). The van der Waals surface area contributed by atoms with Crippen LogP contribution < -0.4 is 11.1 Å². The largest absolute Gasteiger partial charge is 0.384 e. The summed E-state index contributed by atoms with van der Waals surface area (Å²) in [5.41, 5.74) is 7.40. The van der Waals surface area contributed by atoms with E-state index >= 15 is 0 Å². The zero-order chi connectivity index (χ0) is 17.1. The minimum Gasteiger partial charge on any atom is -0.384 e. The molecule has 1 fully saturated rings. The summed E-state index contributed by atoms with van der Waals surface area (Å²) in [5.74, 6) is 0.319. The first-order chi connectivity index (χ1) is 11.5. The lowest BCUT2D eigenvalue weighted by Gasteiger charge is -2.25. The van der Waals surface area contributed by atoms with E-state index in [-0.39, 0.29) is 11.9 Å². The van der Waals surface area contributed by atoms with E-state index in [0.29, 0.717) is 42.1 Å². The Balaban J connectivity index is 1.86. The molecule has 1 aliphatic heterocycles. The number of nitrogens with two attached hydrogens (primary N) is 1. The molecule has 24 heavy (non-hydrogen) atoms. The van der Waals surface area contributed by atoms with Gasteiger partial charge in [0.2, 0.25) is 5.01 Å². The van der Waals surface area contributed by atoms with Crippen LogP contribution in [-0.2, 0) is 4.74 Å². The average Bonchev–Trinajstić information content (AvgIpc) is 3.04. The molecule has 1 saturated heterocycles. The molecular formula is C15H20N6O2S. The molecule has 0 spiro atoms. The lowest BCUT2D eigenvalue weighted by Crippen LogP contribution is -2.40. The molecule has 1 aliphatic rings. The van der Waals surface area contributed by atoms with Crippen molar-refractivity contribution in [2.45, 2.75) is 19.9 Å². The molecule has 0 atom stereocenters. The highest BCUT2D eigenvalue weighted by molar-refractivity contribution is 7.16. The van der Waals surface area contributed by atoms with Crippen LogP contribution in [0.2, 0.25) is 0 Å². The molecule has 3 N–H and O–H groups in total. The van der Waals surface area contributed by atoms with Crippen molar-refractivity contribution in [3.05, 3.63) is 17.3 Å². The molecular weight excluding hydrogens is 328 g/mol. The quantitative estimate of drug-likeness (QED) is 0.862. The lowest BCUT2D eigenvalue weighted by molar-refractivity contribution is 0.0302. The number of carbonyl (C=O) groups is 1. The van der Waals surface area contributed by atoms with Crippen molar-refractivity contribution in [3.63, 3.8) is 0 Å². The van der Waals surface area contributed by atoms with Crippen LogP contribution in [0.4, 0.5) is 11.5 Å². The van der Waals surface area contributed by atoms with Crippen molar-refractivity contribution in [3.8, 4) is 10.6 Å². The third-order valence-corrected chi connectivity index (χ3v) is 4.45. The van der Waals surface area contributed by atoms with Crippen LogP contribution >= 0.6 is 11.3 Å². The summed E-state index contributed by atoms with van der Waals surface area (Å²) >= 11 is 1.26. The first-order valence-electron chi connectivity index (χ1n) is 7.77. The number of pyridine rings is 1. The van der Waals surface area contributed by atoms with Gasteiger partial charge >= 0.3 is 0 Å². The summed E-state index contributed by atoms with van der Waals surface area (Å²) < 4.78 is 5.27. The predicted molar refractivity (Wildman–Crippen MR) is 93.0 cm³/mol. The van der Waals surface area contributed by atoms with E-state index < -0.39 is 0 Å². The number of aromatic nitrogens is 3. The van der Waals surface area contributed by atoms with Gasteiger partial charge in [0.15, 0.2) is 5.01 Å². The maximum atomic E-state index is 12.5. The van der Waals surface area contributed by atoms with E-state index in [4.69, 9.17) is 10.5 Å². The maximum Gasteiger partial charge on any atom is 0.285 e. The minimum atomic E-state index is -0.108. The van der Waals surface area contributed by atoms with Crippen molar-refractivity contribution in [1.82, 2.24) is 20.1 Å². The number of morpholine rings is 1. The molecule has 3 rings (SSSR count). The summed E-state index contributed by atoms with van der Waals surface area (Å²) in [6.07, 6.45) is 1.66. The SMILES string of the molecule is CC(C)Nc1cc(N)ncc1-c1nnc(C(=O)N2CCOCC2)s1. The Kier molecular flexibility index (Phi) is 4.91. The van der Waals surface area contributed by atoms with E-state index in [1.165, 1.54) is 11.3 Å². The zero-order valence-corrected chi connectivity index (χ0v) is 14.5. The Bertz CT molecular complexity index is 727. The first kappa shape index (κ1) is 16.6. The van der Waals surface area contributed by atoms with Gasteiger partial charge in [-0.3, -0.25) is 4.79 Å². The number of ether oxygens (including phenoxy) is 1. The maximum absolute atomic E-state index is 12.5. The predicted octanol–water partition coefficient (Wildman–Crippen LogP) is 1.48. The number of nitrogens with one attached hydrogen (secondary N) is 1. The van der Waals surface area contributed by atoms with Crippen LogP contribution in [0.1, 0.15) is 23.6 Å². The molecule has 0 unspecified atom stereocenters. The second-order valence-electron chi connectivity index (χ2n) is 5.77. The van der Waals surface area contributed by atoms with Gasteiger partial charge in [-0.2, -0.15) is 0 Å². The van der Waals surface area contributed by atoms with Gasteiger partial charge in [0.05, 0.1) is 18.8 Å². The Morgan fingerprint density at radius 2 is 2.12 bits per heavy atom. The van der Waals surface area contributed by atoms with Crippen LogP contribution in [0.25, 0.3) is 10.6 Å². The highest BCUT2D eigenvalue weighted by Crippen LogP contribution is 2.31. The molecule has 0 saturated carbocycles. The average molecular weight is 348 g/mol. The fraction of sp³-hybridized carbons (Fsp3) is 0.467. The molecule has 0 aliphatic carbocycles. The number of anilines is 2. The van der Waals surface area contributed by atoms with Gasteiger partial charge in [0.1, 0.15) is 5.82 Å². The number of rotatable bonds is 4. The molecule has 0 aromatic carbocycles. The Morgan fingerprint density at radius 1 is 1.38 bits per heavy atom. The van der Waals surface area contributed by atoms with Crippen molar-refractivity contribution in [1.29, 1.82) is 0 Å². The second kappa shape index (κ2) is 7.10. The normalized spacial score (nSPS) is 14.9. The summed E-state index contributed by atoms with van der Waals surface area (Å²) in [7, 11) is 0.